The maximum atomic E-state index is 9.63. The summed E-state index contributed by atoms with van der Waals surface area (Å²) in [5.74, 6) is 1.15. The molecule has 2 aromatic heterocycles. The van der Waals surface area contributed by atoms with E-state index in [1.54, 1.807) is 30.5 Å². The van der Waals surface area contributed by atoms with Crippen LogP contribution in [-0.4, -0.2) is 32.7 Å². The molecule has 28 heavy (non-hydrogen) atoms. The second-order valence-corrected chi connectivity index (χ2v) is 7.51. The number of aliphatic hydroxyl groups is 1. The van der Waals surface area contributed by atoms with Crippen molar-refractivity contribution in [2.75, 3.05) is 17.2 Å². The first-order valence-electron chi connectivity index (χ1n) is 8.85. The molecule has 8 heteroatoms. The number of hydrogen-bond donors (Lipinski definition) is 3. The number of aliphatic hydroxyl groups excluding tert-OH is 1. The van der Waals surface area contributed by atoms with Crippen molar-refractivity contribution < 1.29 is 5.11 Å². The molecule has 3 rings (SSSR count). The Bertz CT molecular complexity index is 917. The number of anilines is 3. The van der Waals surface area contributed by atoms with Gasteiger partial charge < -0.3 is 15.7 Å². The fourth-order valence-corrected chi connectivity index (χ4v) is 3.11. The Morgan fingerprint density at radius 3 is 2.36 bits per heavy atom. The number of halogens is 2. The van der Waals surface area contributed by atoms with E-state index in [0.717, 1.165) is 0 Å². The molecule has 0 aliphatic carbocycles. The maximum Gasteiger partial charge on any atom is 0.225 e. The van der Waals surface area contributed by atoms with Crippen molar-refractivity contribution in [2.24, 2.45) is 5.92 Å². The highest BCUT2D eigenvalue weighted by Crippen LogP contribution is 2.27. The average molecular weight is 418 g/mol. The Kier molecular flexibility index (Phi) is 6.67. The lowest BCUT2D eigenvalue weighted by Gasteiger charge is -2.20. The summed E-state index contributed by atoms with van der Waals surface area (Å²) in [5, 5.41) is 17.1. The number of rotatable bonds is 7. The van der Waals surface area contributed by atoms with Crippen LogP contribution in [-0.2, 0) is 0 Å². The SMILES string of the molecule is CC(C)[C@@H](CO)Nc1nc(Nc2cc(Cl)cc(Cl)c2)cc(-c2ccccn2)n1. The van der Waals surface area contributed by atoms with Gasteiger partial charge in [0.2, 0.25) is 5.95 Å². The molecule has 0 unspecified atom stereocenters. The maximum absolute atomic E-state index is 9.63. The lowest BCUT2D eigenvalue weighted by molar-refractivity contribution is 0.248. The summed E-state index contributed by atoms with van der Waals surface area (Å²) in [5.41, 5.74) is 2.07. The molecule has 146 valence electrons. The van der Waals surface area contributed by atoms with E-state index < -0.39 is 0 Å². The minimum absolute atomic E-state index is 0.0263. The predicted molar refractivity (Wildman–Crippen MR) is 114 cm³/mol. The van der Waals surface area contributed by atoms with Crippen molar-refractivity contribution in [1.29, 1.82) is 0 Å². The van der Waals surface area contributed by atoms with E-state index in [9.17, 15) is 5.11 Å². The standard InChI is InChI=1S/C20H21Cl2N5O/c1-12(2)18(11-28)26-20-25-17(16-5-3-4-6-23-16)10-19(27-20)24-15-8-13(21)7-14(22)9-15/h3-10,12,18,28H,11H2,1-2H3,(H2,24,25,26,27)/t18-/m1/s1. The Morgan fingerprint density at radius 2 is 1.75 bits per heavy atom. The molecule has 1 atom stereocenters. The molecule has 3 N–H and O–H groups in total. The largest absolute Gasteiger partial charge is 0.394 e. The molecule has 0 saturated heterocycles. The Balaban J connectivity index is 1.99. The highest BCUT2D eigenvalue weighted by molar-refractivity contribution is 6.35. The van der Waals surface area contributed by atoms with Gasteiger partial charge in [-0.2, -0.15) is 4.98 Å². The molecular weight excluding hydrogens is 397 g/mol. The van der Waals surface area contributed by atoms with Crippen molar-refractivity contribution in [2.45, 2.75) is 19.9 Å². The van der Waals surface area contributed by atoms with E-state index >= 15 is 0 Å². The minimum atomic E-state index is -0.174. The van der Waals surface area contributed by atoms with Crippen LogP contribution in [0.5, 0.6) is 0 Å². The average Bonchev–Trinajstić information content (AvgIpc) is 2.65. The summed E-state index contributed by atoms with van der Waals surface area (Å²) < 4.78 is 0. The number of nitrogens with one attached hydrogen (secondary N) is 2. The van der Waals surface area contributed by atoms with Crippen molar-refractivity contribution in [3.8, 4) is 11.4 Å². The van der Waals surface area contributed by atoms with Crippen LogP contribution in [0, 0.1) is 5.92 Å². The summed E-state index contributed by atoms with van der Waals surface area (Å²) in [7, 11) is 0. The molecule has 3 aromatic rings. The van der Waals surface area contributed by atoms with Gasteiger partial charge in [0.1, 0.15) is 5.82 Å². The van der Waals surface area contributed by atoms with E-state index in [1.165, 1.54) is 0 Å². The summed E-state index contributed by atoms with van der Waals surface area (Å²) in [6, 6.07) is 12.4. The fourth-order valence-electron chi connectivity index (χ4n) is 2.58. The van der Waals surface area contributed by atoms with Crippen molar-refractivity contribution in [1.82, 2.24) is 15.0 Å². The van der Waals surface area contributed by atoms with Gasteiger partial charge in [-0.15, -0.1) is 0 Å². The quantitative estimate of drug-likeness (QED) is 0.500. The lowest BCUT2D eigenvalue weighted by atomic mass is 10.1. The van der Waals surface area contributed by atoms with Gasteiger partial charge in [-0.25, -0.2) is 4.98 Å². The van der Waals surface area contributed by atoms with E-state index in [0.29, 0.717) is 38.9 Å². The molecule has 0 aliphatic heterocycles. The molecule has 2 heterocycles. The lowest BCUT2D eigenvalue weighted by Crippen LogP contribution is -2.30. The molecule has 6 nitrogen and oxygen atoms in total. The summed E-state index contributed by atoms with van der Waals surface area (Å²) in [4.78, 5) is 13.5. The Labute approximate surface area is 174 Å². The van der Waals surface area contributed by atoms with E-state index in [1.807, 2.05) is 32.0 Å². The van der Waals surface area contributed by atoms with E-state index in [2.05, 4.69) is 25.6 Å². The van der Waals surface area contributed by atoms with Gasteiger partial charge in [0.25, 0.3) is 0 Å². The van der Waals surface area contributed by atoms with Crippen molar-refractivity contribution in [3.05, 3.63) is 58.7 Å². The first kappa shape index (κ1) is 20.3. The molecular formula is C20H21Cl2N5O. The summed E-state index contributed by atoms with van der Waals surface area (Å²) in [6.45, 7) is 4.01. The molecule has 0 aliphatic rings. The zero-order valence-corrected chi connectivity index (χ0v) is 17.0. The zero-order valence-electron chi connectivity index (χ0n) is 15.5. The van der Waals surface area contributed by atoms with Gasteiger partial charge in [-0.1, -0.05) is 43.1 Å². The molecule has 0 fully saturated rings. The second kappa shape index (κ2) is 9.19. The smallest absolute Gasteiger partial charge is 0.225 e. The van der Waals surface area contributed by atoms with Gasteiger partial charge in [0.15, 0.2) is 0 Å². The second-order valence-electron chi connectivity index (χ2n) is 6.64. The topological polar surface area (TPSA) is 83.0 Å². The highest BCUT2D eigenvalue weighted by Gasteiger charge is 2.15. The number of benzene rings is 1. The third-order valence-corrected chi connectivity index (χ3v) is 4.54. The van der Waals surface area contributed by atoms with Gasteiger partial charge >= 0.3 is 0 Å². The monoisotopic (exact) mass is 417 g/mol. The molecule has 1 aromatic carbocycles. The van der Waals surface area contributed by atoms with Crippen LogP contribution in [0.25, 0.3) is 11.4 Å². The van der Waals surface area contributed by atoms with Gasteiger partial charge in [0, 0.05) is 28.0 Å². The van der Waals surface area contributed by atoms with Crippen LogP contribution in [0.4, 0.5) is 17.5 Å². The molecule has 0 radical (unpaired) electrons. The fraction of sp³-hybridized carbons (Fsp3) is 0.250. The third kappa shape index (κ3) is 5.32. The first-order valence-corrected chi connectivity index (χ1v) is 9.61. The zero-order chi connectivity index (χ0) is 20.1. The van der Waals surface area contributed by atoms with Crippen LogP contribution >= 0.6 is 23.2 Å². The predicted octanol–water partition coefficient (Wildman–Crippen LogP) is 5.02. The highest BCUT2D eigenvalue weighted by atomic mass is 35.5. The van der Waals surface area contributed by atoms with Gasteiger partial charge in [0.05, 0.1) is 24.0 Å². The summed E-state index contributed by atoms with van der Waals surface area (Å²) >= 11 is 12.2. The Morgan fingerprint density at radius 1 is 1.00 bits per heavy atom. The number of pyridine rings is 1. The molecule has 0 saturated carbocycles. The third-order valence-electron chi connectivity index (χ3n) is 4.10. The van der Waals surface area contributed by atoms with Crippen molar-refractivity contribution in [3.63, 3.8) is 0 Å². The number of aromatic nitrogens is 3. The number of nitrogens with zero attached hydrogens (tertiary/aromatic N) is 3. The molecule has 0 bridgehead atoms. The van der Waals surface area contributed by atoms with Crippen LogP contribution in [0.1, 0.15) is 13.8 Å². The van der Waals surface area contributed by atoms with E-state index in [4.69, 9.17) is 23.2 Å². The normalized spacial score (nSPS) is 12.1. The first-order chi connectivity index (χ1) is 13.4. The van der Waals surface area contributed by atoms with Gasteiger partial charge in [-0.3, -0.25) is 4.98 Å². The minimum Gasteiger partial charge on any atom is -0.394 e. The van der Waals surface area contributed by atoms with E-state index in [-0.39, 0.29) is 18.6 Å². The molecule has 0 amide bonds. The van der Waals surface area contributed by atoms with Crippen LogP contribution in [0.15, 0.2) is 48.7 Å². The van der Waals surface area contributed by atoms with Gasteiger partial charge in [-0.05, 0) is 36.2 Å². The van der Waals surface area contributed by atoms with Crippen LogP contribution in [0.3, 0.4) is 0 Å². The molecule has 0 spiro atoms. The Hall–Kier alpha value is -2.41. The van der Waals surface area contributed by atoms with Crippen LogP contribution < -0.4 is 10.6 Å². The number of hydrogen-bond acceptors (Lipinski definition) is 6. The summed E-state index contributed by atoms with van der Waals surface area (Å²) in [6.07, 6.45) is 1.71. The van der Waals surface area contributed by atoms with Crippen molar-refractivity contribution >= 4 is 40.7 Å². The van der Waals surface area contributed by atoms with Crippen LogP contribution in [0.2, 0.25) is 10.0 Å².